The van der Waals surface area contributed by atoms with Gasteiger partial charge in [0.05, 0.1) is 13.2 Å². The zero-order chi connectivity index (χ0) is 21.5. The Morgan fingerprint density at radius 3 is 2.33 bits per heavy atom. The van der Waals surface area contributed by atoms with Crippen LogP contribution < -0.4 is 19.7 Å². The lowest BCUT2D eigenvalue weighted by Gasteiger charge is -2.32. The molecule has 1 fully saturated rings. The quantitative estimate of drug-likeness (QED) is 0.668. The Hall–Kier alpha value is -2.69. The summed E-state index contributed by atoms with van der Waals surface area (Å²) in [4.78, 5) is 15.3. The van der Waals surface area contributed by atoms with E-state index in [2.05, 4.69) is 41.4 Å². The Balaban J connectivity index is 1.59. The van der Waals surface area contributed by atoms with E-state index in [0.717, 1.165) is 24.6 Å². The van der Waals surface area contributed by atoms with Crippen LogP contribution in [0.5, 0.6) is 11.5 Å². The van der Waals surface area contributed by atoms with Crippen LogP contribution in [-0.2, 0) is 4.79 Å². The summed E-state index contributed by atoms with van der Waals surface area (Å²) in [5.41, 5.74) is 2.35. The Morgan fingerprint density at radius 2 is 1.73 bits per heavy atom. The highest BCUT2D eigenvalue weighted by Crippen LogP contribution is 2.28. The first-order chi connectivity index (χ1) is 14.5. The molecule has 0 bridgehead atoms. The van der Waals surface area contributed by atoms with Gasteiger partial charge in [0.2, 0.25) is 0 Å². The molecule has 1 heterocycles. The number of piperidine rings is 1. The molecule has 1 N–H and O–H groups in total. The molecule has 0 spiro atoms. The smallest absolute Gasteiger partial charge is 0.261 e. The second-order valence-electron chi connectivity index (χ2n) is 8.16. The van der Waals surface area contributed by atoms with Crippen molar-refractivity contribution in [3.8, 4) is 11.5 Å². The predicted octanol–water partition coefficient (Wildman–Crippen LogP) is 4.97. The van der Waals surface area contributed by atoms with Crippen molar-refractivity contribution < 1.29 is 14.3 Å². The van der Waals surface area contributed by atoms with Crippen LogP contribution in [0.1, 0.15) is 51.6 Å². The van der Waals surface area contributed by atoms with Gasteiger partial charge in [-0.2, -0.15) is 0 Å². The molecule has 0 unspecified atom stereocenters. The van der Waals surface area contributed by atoms with Crippen LogP contribution in [0.2, 0.25) is 0 Å². The molecule has 5 nitrogen and oxygen atoms in total. The number of rotatable bonds is 8. The van der Waals surface area contributed by atoms with Crippen molar-refractivity contribution in [3.05, 3.63) is 54.1 Å². The van der Waals surface area contributed by atoms with E-state index in [1.165, 1.54) is 18.5 Å². The topological polar surface area (TPSA) is 50.8 Å². The van der Waals surface area contributed by atoms with Crippen molar-refractivity contribution in [1.29, 1.82) is 0 Å². The molecule has 0 radical (unpaired) electrons. The average molecular weight is 411 g/mol. The number of para-hydroxylation sites is 2. The molecular formula is C25H34N2O3. The lowest BCUT2D eigenvalue weighted by Crippen LogP contribution is -2.39. The van der Waals surface area contributed by atoms with E-state index >= 15 is 0 Å². The van der Waals surface area contributed by atoms with Gasteiger partial charge in [0, 0.05) is 18.8 Å². The third-order valence-corrected chi connectivity index (χ3v) is 5.90. The first-order valence-corrected chi connectivity index (χ1v) is 11.0. The molecule has 2 atom stereocenters. The number of carbonyl (C=O) groups excluding carboxylic acids is 1. The zero-order valence-corrected chi connectivity index (χ0v) is 18.6. The Kier molecular flexibility index (Phi) is 7.61. The van der Waals surface area contributed by atoms with E-state index in [1.807, 2.05) is 38.1 Å². The maximum absolute atomic E-state index is 12.8. The van der Waals surface area contributed by atoms with Crippen molar-refractivity contribution in [3.63, 3.8) is 0 Å². The monoisotopic (exact) mass is 410 g/mol. The summed E-state index contributed by atoms with van der Waals surface area (Å²) in [6, 6.07) is 15.8. The van der Waals surface area contributed by atoms with E-state index in [4.69, 9.17) is 9.47 Å². The van der Waals surface area contributed by atoms with Gasteiger partial charge in [-0.15, -0.1) is 0 Å². The maximum Gasteiger partial charge on any atom is 0.261 e. The van der Waals surface area contributed by atoms with Gasteiger partial charge in [-0.3, -0.25) is 4.79 Å². The summed E-state index contributed by atoms with van der Waals surface area (Å²) in [5.74, 6) is 1.90. The van der Waals surface area contributed by atoms with Crippen LogP contribution in [0, 0.1) is 5.92 Å². The molecule has 5 heteroatoms. The Morgan fingerprint density at radius 1 is 1.10 bits per heavy atom. The minimum Gasteiger partial charge on any atom is -0.493 e. The van der Waals surface area contributed by atoms with E-state index in [1.54, 1.807) is 7.11 Å². The van der Waals surface area contributed by atoms with Crippen molar-refractivity contribution in [1.82, 2.24) is 5.32 Å². The fourth-order valence-corrected chi connectivity index (χ4v) is 3.82. The van der Waals surface area contributed by atoms with E-state index in [0.29, 0.717) is 17.9 Å². The van der Waals surface area contributed by atoms with Crippen LogP contribution in [0.3, 0.4) is 0 Å². The summed E-state index contributed by atoms with van der Waals surface area (Å²) < 4.78 is 11.3. The Labute approximate surface area is 180 Å². The average Bonchev–Trinajstić information content (AvgIpc) is 2.78. The lowest BCUT2D eigenvalue weighted by atomic mass is 9.98. The van der Waals surface area contributed by atoms with Gasteiger partial charge in [0.25, 0.3) is 5.91 Å². The number of nitrogens with zero attached hydrogens (tertiary/aromatic N) is 1. The molecule has 0 aromatic heterocycles. The number of hydrogen-bond acceptors (Lipinski definition) is 4. The number of methoxy groups -OCH3 is 1. The van der Waals surface area contributed by atoms with Crippen molar-refractivity contribution in [2.75, 3.05) is 25.1 Å². The van der Waals surface area contributed by atoms with Gasteiger partial charge in [0.1, 0.15) is 0 Å². The maximum atomic E-state index is 12.8. The molecule has 3 rings (SSSR count). The molecule has 0 saturated carbocycles. The molecule has 0 aliphatic carbocycles. The summed E-state index contributed by atoms with van der Waals surface area (Å²) in [7, 11) is 1.60. The molecule has 2 aromatic carbocycles. The molecule has 30 heavy (non-hydrogen) atoms. The number of nitrogens with one attached hydrogen (secondary N) is 1. The lowest BCUT2D eigenvalue weighted by molar-refractivity contribution is -0.128. The summed E-state index contributed by atoms with van der Waals surface area (Å²) in [6.07, 6.45) is 2.50. The number of amides is 1. The summed E-state index contributed by atoms with van der Waals surface area (Å²) in [6.45, 7) is 8.51. The van der Waals surface area contributed by atoms with Crippen LogP contribution in [0.4, 0.5) is 5.69 Å². The molecule has 1 aliphatic rings. The highest BCUT2D eigenvalue weighted by atomic mass is 16.5. The van der Waals surface area contributed by atoms with E-state index in [9.17, 15) is 4.79 Å². The van der Waals surface area contributed by atoms with Crippen LogP contribution in [0.15, 0.2) is 48.5 Å². The van der Waals surface area contributed by atoms with E-state index < -0.39 is 6.10 Å². The second kappa shape index (κ2) is 10.4. The van der Waals surface area contributed by atoms with Crippen molar-refractivity contribution in [2.24, 2.45) is 5.92 Å². The number of hydrogen-bond donors (Lipinski definition) is 1. The fraction of sp³-hybridized carbons (Fsp3) is 0.480. The summed E-state index contributed by atoms with van der Waals surface area (Å²) in [5, 5.41) is 3.09. The largest absolute Gasteiger partial charge is 0.493 e. The van der Waals surface area contributed by atoms with Crippen LogP contribution in [-0.4, -0.2) is 32.2 Å². The van der Waals surface area contributed by atoms with Crippen molar-refractivity contribution >= 4 is 11.6 Å². The van der Waals surface area contributed by atoms with Gasteiger partial charge in [-0.25, -0.2) is 0 Å². The molecule has 162 valence electrons. The fourth-order valence-electron chi connectivity index (χ4n) is 3.82. The molecule has 1 aliphatic heterocycles. The number of anilines is 1. The predicted molar refractivity (Wildman–Crippen MR) is 121 cm³/mol. The molecular weight excluding hydrogens is 376 g/mol. The van der Waals surface area contributed by atoms with E-state index in [-0.39, 0.29) is 11.9 Å². The first kappa shape index (κ1) is 22.0. The second-order valence-corrected chi connectivity index (χ2v) is 8.16. The van der Waals surface area contributed by atoms with Crippen LogP contribution in [0.25, 0.3) is 0 Å². The molecule has 1 amide bonds. The highest BCUT2D eigenvalue weighted by Gasteiger charge is 2.22. The standard InChI is InChI=1S/C25H34N2O3/c1-5-22(30-24-9-7-6-8-23(24)29-4)25(28)26-19(3)20-10-12-21(13-11-20)27-16-14-18(2)15-17-27/h6-13,18-19,22H,5,14-17H2,1-4H3,(H,26,28)/t19-,22+/m0/s1. The van der Waals surface area contributed by atoms with Gasteiger partial charge >= 0.3 is 0 Å². The molecule has 1 saturated heterocycles. The minimum absolute atomic E-state index is 0.0942. The third-order valence-electron chi connectivity index (χ3n) is 5.90. The number of carbonyl (C=O) groups is 1. The van der Waals surface area contributed by atoms with Gasteiger partial charge in [0.15, 0.2) is 17.6 Å². The minimum atomic E-state index is -0.571. The number of ether oxygens (including phenoxy) is 2. The third kappa shape index (κ3) is 5.47. The zero-order valence-electron chi connectivity index (χ0n) is 18.6. The molecule has 2 aromatic rings. The van der Waals surface area contributed by atoms with Crippen LogP contribution >= 0.6 is 0 Å². The Bertz CT molecular complexity index is 813. The van der Waals surface area contributed by atoms with Crippen molar-refractivity contribution in [2.45, 2.75) is 52.2 Å². The highest BCUT2D eigenvalue weighted by molar-refractivity contribution is 5.81. The van der Waals surface area contributed by atoms with Gasteiger partial charge < -0.3 is 19.7 Å². The normalized spacial score (nSPS) is 16.6. The summed E-state index contributed by atoms with van der Waals surface area (Å²) >= 11 is 0. The number of benzene rings is 2. The van der Waals surface area contributed by atoms with Gasteiger partial charge in [-0.05, 0) is 61.9 Å². The SMILES string of the molecule is CC[C@@H](Oc1ccccc1OC)C(=O)N[C@@H](C)c1ccc(N2CCC(C)CC2)cc1. The first-order valence-electron chi connectivity index (χ1n) is 11.0. The van der Waals surface area contributed by atoms with Gasteiger partial charge in [-0.1, -0.05) is 38.1 Å².